The number of rotatable bonds is 3. The lowest BCUT2D eigenvalue weighted by Gasteiger charge is -2.21. The summed E-state index contributed by atoms with van der Waals surface area (Å²) in [6.07, 6.45) is 2.54. The van der Waals surface area contributed by atoms with E-state index in [0.29, 0.717) is 26.2 Å². The molecule has 0 bridgehead atoms. The minimum absolute atomic E-state index is 0.00664. The van der Waals surface area contributed by atoms with Crippen LogP contribution in [0.1, 0.15) is 19.3 Å². The van der Waals surface area contributed by atoms with Crippen molar-refractivity contribution in [2.75, 3.05) is 26.3 Å². The monoisotopic (exact) mass is 214 g/mol. The zero-order valence-corrected chi connectivity index (χ0v) is 8.79. The van der Waals surface area contributed by atoms with Crippen molar-refractivity contribution in [3.8, 4) is 0 Å². The third-order valence-corrected chi connectivity index (χ3v) is 3.05. The van der Waals surface area contributed by atoms with E-state index in [9.17, 15) is 9.90 Å². The Morgan fingerprint density at radius 1 is 1.67 bits per heavy atom. The van der Waals surface area contributed by atoms with Crippen LogP contribution < -0.4 is 10.6 Å². The summed E-state index contributed by atoms with van der Waals surface area (Å²) >= 11 is 0. The molecular weight excluding hydrogens is 196 g/mol. The number of aliphatic hydroxyl groups is 1. The molecule has 5 nitrogen and oxygen atoms in total. The fourth-order valence-corrected chi connectivity index (χ4v) is 2.02. The first-order chi connectivity index (χ1) is 7.20. The molecule has 2 heterocycles. The fraction of sp³-hybridized carbons (Fsp3) is 0.900. The molecule has 1 unspecified atom stereocenters. The molecule has 86 valence electrons. The Bertz CT molecular complexity index is 233. The molecular formula is C10H18N2O3. The van der Waals surface area contributed by atoms with Crippen LogP contribution in [0.2, 0.25) is 0 Å². The molecule has 0 spiro atoms. The van der Waals surface area contributed by atoms with Crippen LogP contribution in [0.15, 0.2) is 0 Å². The Morgan fingerprint density at radius 3 is 3.13 bits per heavy atom. The van der Waals surface area contributed by atoms with Crippen LogP contribution in [-0.4, -0.2) is 49.0 Å². The van der Waals surface area contributed by atoms with Gasteiger partial charge in [-0.3, -0.25) is 4.79 Å². The summed E-state index contributed by atoms with van der Waals surface area (Å²) in [6, 6.07) is -0.0732. The molecule has 0 aromatic carbocycles. The Labute approximate surface area is 89.2 Å². The van der Waals surface area contributed by atoms with E-state index < -0.39 is 5.60 Å². The predicted octanol–water partition coefficient (Wildman–Crippen LogP) is -0.994. The van der Waals surface area contributed by atoms with E-state index in [4.69, 9.17) is 4.74 Å². The van der Waals surface area contributed by atoms with Gasteiger partial charge in [0.05, 0.1) is 12.6 Å². The van der Waals surface area contributed by atoms with Gasteiger partial charge in [-0.1, -0.05) is 0 Å². The maximum atomic E-state index is 11.6. The van der Waals surface area contributed by atoms with Gasteiger partial charge in [-0.05, 0) is 19.4 Å². The molecule has 2 atom stereocenters. The average molecular weight is 214 g/mol. The van der Waals surface area contributed by atoms with Crippen LogP contribution >= 0.6 is 0 Å². The largest absolute Gasteiger partial charge is 0.386 e. The number of hydrogen-bond donors (Lipinski definition) is 3. The second-order valence-electron chi connectivity index (χ2n) is 4.39. The minimum atomic E-state index is -0.853. The molecule has 3 N–H and O–H groups in total. The second-order valence-corrected chi connectivity index (χ2v) is 4.39. The molecule has 2 saturated heterocycles. The Hall–Kier alpha value is -0.650. The number of ether oxygens (including phenoxy) is 1. The Morgan fingerprint density at radius 2 is 2.53 bits per heavy atom. The minimum Gasteiger partial charge on any atom is -0.386 e. The van der Waals surface area contributed by atoms with Crippen molar-refractivity contribution < 1.29 is 14.6 Å². The first kappa shape index (κ1) is 10.9. The van der Waals surface area contributed by atoms with E-state index >= 15 is 0 Å². The third-order valence-electron chi connectivity index (χ3n) is 3.05. The van der Waals surface area contributed by atoms with Crippen LogP contribution in [0.3, 0.4) is 0 Å². The highest BCUT2D eigenvalue weighted by molar-refractivity contribution is 5.82. The number of carbonyl (C=O) groups excluding carboxylic acids is 1. The molecule has 2 aliphatic heterocycles. The smallest absolute Gasteiger partial charge is 0.237 e. The number of carbonyl (C=O) groups is 1. The van der Waals surface area contributed by atoms with Gasteiger partial charge in [0, 0.05) is 19.6 Å². The fourth-order valence-electron chi connectivity index (χ4n) is 2.02. The summed E-state index contributed by atoms with van der Waals surface area (Å²) in [4.78, 5) is 11.6. The zero-order chi connectivity index (χ0) is 10.7. The predicted molar refractivity (Wildman–Crippen MR) is 54.4 cm³/mol. The molecule has 2 aliphatic rings. The van der Waals surface area contributed by atoms with Crippen LogP contribution in [0.5, 0.6) is 0 Å². The Balaban J connectivity index is 1.74. The van der Waals surface area contributed by atoms with Crippen molar-refractivity contribution in [2.45, 2.75) is 30.9 Å². The number of hydrogen-bond acceptors (Lipinski definition) is 4. The highest BCUT2D eigenvalue weighted by atomic mass is 16.5. The second kappa shape index (κ2) is 4.47. The van der Waals surface area contributed by atoms with Crippen LogP contribution in [-0.2, 0) is 9.53 Å². The summed E-state index contributed by atoms with van der Waals surface area (Å²) in [6.45, 7) is 2.11. The lowest BCUT2D eigenvalue weighted by Crippen LogP contribution is -2.48. The van der Waals surface area contributed by atoms with Crippen molar-refractivity contribution >= 4 is 5.91 Å². The quantitative estimate of drug-likeness (QED) is 0.564. The van der Waals surface area contributed by atoms with Gasteiger partial charge in [0.1, 0.15) is 5.60 Å². The van der Waals surface area contributed by atoms with Crippen molar-refractivity contribution in [1.29, 1.82) is 0 Å². The third kappa shape index (κ3) is 2.68. The van der Waals surface area contributed by atoms with Crippen molar-refractivity contribution in [2.24, 2.45) is 0 Å². The molecule has 0 aromatic rings. The van der Waals surface area contributed by atoms with Gasteiger partial charge in [0.25, 0.3) is 0 Å². The van der Waals surface area contributed by atoms with E-state index in [0.717, 1.165) is 19.4 Å². The summed E-state index contributed by atoms with van der Waals surface area (Å²) in [7, 11) is 0. The number of amides is 1. The highest BCUT2D eigenvalue weighted by Gasteiger charge is 2.33. The Kier molecular flexibility index (Phi) is 3.23. The maximum absolute atomic E-state index is 11.6. The zero-order valence-electron chi connectivity index (χ0n) is 8.79. The van der Waals surface area contributed by atoms with Crippen LogP contribution in [0.4, 0.5) is 0 Å². The molecule has 0 aromatic heterocycles. The molecule has 5 heteroatoms. The summed E-state index contributed by atoms with van der Waals surface area (Å²) < 4.78 is 5.10. The van der Waals surface area contributed by atoms with E-state index in [1.165, 1.54) is 0 Å². The van der Waals surface area contributed by atoms with Gasteiger partial charge in [0.2, 0.25) is 5.91 Å². The normalized spacial score (nSPS) is 35.7. The standard InChI is InChI=1S/C10H18N2O3/c13-9(8-2-1-4-11-8)12-6-10(14)3-5-15-7-10/h8,11,14H,1-7H2,(H,12,13)/t8-,10?/m1/s1. The SMILES string of the molecule is O=C(NCC1(O)CCOC1)[C@H]1CCCN1. The average Bonchev–Trinajstić information content (AvgIpc) is 2.85. The van der Waals surface area contributed by atoms with E-state index in [1.807, 2.05) is 0 Å². The molecule has 0 saturated carbocycles. The summed E-state index contributed by atoms with van der Waals surface area (Å²) in [5.74, 6) is -0.00664. The maximum Gasteiger partial charge on any atom is 0.237 e. The van der Waals surface area contributed by atoms with Crippen molar-refractivity contribution in [3.63, 3.8) is 0 Å². The van der Waals surface area contributed by atoms with Crippen LogP contribution in [0, 0.1) is 0 Å². The van der Waals surface area contributed by atoms with Gasteiger partial charge in [0.15, 0.2) is 0 Å². The summed E-state index contributed by atoms with van der Waals surface area (Å²) in [5.41, 5.74) is -0.853. The molecule has 2 rings (SSSR count). The van der Waals surface area contributed by atoms with Crippen molar-refractivity contribution in [1.82, 2.24) is 10.6 Å². The van der Waals surface area contributed by atoms with E-state index in [2.05, 4.69) is 10.6 Å². The lowest BCUT2D eigenvalue weighted by molar-refractivity contribution is -0.124. The van der Waals surface area contributed by atoms with Gasteiger partial charge in [-0.25, -0.2) is 0 Å². The van der Waals surface area contributed by atoms with Crippen molar-refractivity contribution in [3.05, 3.63) is 0 Å². The van der Waals surface area contributed by atoms with Gasteiger partial charge in [-0.15, -0.1) is 0 Å². The first-order valence-corrected chi connectivity index (χ1v) is 5.51. The first-order valence-electron chi connectivity index (χ1n) is 5.51. The van der Waals surface area contributed by atoms with Gasteiger partial charge >= 0.3 is 0 Å². The molecule has 2 fully saturated rings. The summed E-state index contributed by atoms with van der Waals surface area (Å²) in [5, 5.41) is 15.8. The number of nitrogens with one attached hydrogen (secondary N) is 2. The van der Waals surface area contributed by atoms with E-state index in [-0.39, 0.29) is 11.9 Å². The molecule has 15 heavy (non-hydrogen) atoms. The highest BCUT2D eigenvalue weighted by Crippen LogP contribution is 2.17. The lowest BCUT2D eigenvalue weighted by atomic mass is 10.0. The van der Waals surface area contributed by atoms with Gasteiger partial charge < -0.3 is 20.5 Å². The van der Waals surface area contributed by atoms with Crippen LogP contribution in [0.25, 0.3) is 0 Å². The van der Waals surface area contributed by atoms with Gasteiger partial charge in [-0.2, -0.15) is 0 Å². The topological polar surface area (TPSA) is 70.6 Å². The van der Waals surface area contributed by atoms with E-state index in [1.54, 1.807) is 0 Å². The molecule has 0 radical (unpaired) electrons. The molecule has 0 aliphatic carbocycles. The molecule has 1 amide bonds.